The van der Waals surface area contributed by atoms with E-state index in [9.17, 15) is 4.79 Å². The van der Waals surface area contributed by atoms with Crippen molar-refractivity contribution in [3.8, 4) is 0 Å². The number of carbonyl (C=O) groups is 1. The van der Waals surface area contributed by atoms with Crippen LogP contribution >= 0.6 is 11.6 Å². The molecule has 1 aliphatic rings. The zero-order valence-electron chi connectivity index (χ0n) is 13.1. The quantitative estimate of drug-likeness (QED) is 0.805. The third kappa shape index (κ3) is 3.58. The number of amides is 1. The summed E-state index contributed by atoms with van der Waals surface area (Å²) >= 11 is 5.93. The Morgan fingerprint density at radius 1 is 1.30 bits per heavy atom. The molecule has 1 aliphatic heterocycles. The fraction of sp³-hybridized carbons (Fsp3) is 0.353. The number of rotatable bonds is 4. The van der Waals surface area contributed by atoms with E-state index in [1.807, 2.05) is 50.2 Å². The molecule has 3 atom stereocenters. The molecule has 6 heteroatoms. The van der Waals surface area contributed by atoms with Crippen LogP contribution in [-0.4, -0.2) is 12.5 Å². The van der Waals surface area contributed by atoms with Crippen molar-refractivity contribution in [2.24, 2.45) is 5.92 Å². The summed E-state index contributed by atoms with van der Waals surface area (Å²) in [5.74, 6) is 1.39. The van der Waals surface area contributed by atoms with Crippen LogP contribution in [0, 0.1) is 12.8 Å². The number of furan rings is 1. The SMILES string of the molecule is Cc1ccc(C(C)NC(=O)C2CNNC2c2ccc(Cl)cc2)o1. The van der Waals surface area contributed by atoms with Crippen molar-refractivity contribution >= 4 is 17.5 Å². The fourth-order valence-electron chi connectivity index (χ4n) is 2.80. The molecule has 1 fully saturated rings. The second kappa shape index (κ2) is 6.74. The topological polar surface area (TPSA) is 66.3 Å². The largest absolute Gasteiger partial charge is 0.464 e. The van der Waals surface area contributed by atoms with Crippen LogP contribution in [0.15, 0.2) is 40.8 Å². The zero-order chi connectivity index (χ0) is 16.4. The van der Waals surface area contributed by atoms with Gasteiger partial charge in [0.1, 0.15) is 11.5 Å². The van der Waals surface area contributed by atoms with Gasteiger partial charge in [-0.3, -0.25) is 10.2 Å². The molecule has 3 unspecified atom stereocenters. The molecule has 0 bridgehead atoms. The highest BCUT2D eigenvalue weighted by Gasteiger charge is 2.34. The van der Waals surface area contributed by atoms with Gasteiger partial charge in [-0.1, -0.05) is 23.7 Å². The standard InChI is InChI=1S/C17H20ClN3O2/c1-10-3-8-15(23-10)11(2)20-17(22)14-9-19-21-16(14)12-4-6-13(18)7-5-12/h3-8,11,14,16,19,21H,9H2,1-2H3,(H,20,22). The zero-order valence-corrected chi connectivity index (χ0v) is 13.9. The van der Waals surface area contributed by atoms with E-state index in [-0.39, 0.29) is 23.9 Å². The van der Waals surface area contributed by atoms with Crippen molar-refractivity contribution in [3.05, 3.63) is 58.5 Å². The third-order valence-corrected chi connectivity index (χ3v) is 4.35. The number of hydrogen-bond acceptors (Lipinski definition) is 4. The van der Waals surface area contributed by atoms with Crippen molar-refractivity contribution in [1.29, 1.82) is 0 Å². The van der Waals surface area contributed by atoms with E-state index in [0.717, 1.165) is 17.1 Å². The van der Waals surface area contributed by atoms with E-state index in [1.54, 1.807) is 0 Å². The number of halogens is 1. The molecule has 2 aromatic rings. The second-order valence-corrected chi connectivity index (χ2v) is 6.28. The molecule has 3 rings (SSSR count). The summed E-state index contributed by atoms with van der Waals surface area (Å²) in [4.78, 5) is 12.6. The van der Waals surface area contributed by atoms with Crippen LogP contribution in [0.2, 0.25) is 5.02 Å². The lowest BCUT2D eigenvalue weighted by Crippen LogP contribution is -2.36. The van der Waals surface area contributed by atoms with Gasteiger partial charge < -0.3 is 9.73 Å². The normalized spacial score (nSPS) is 22.0. The average molecular weight is 334 g/mol. The van der Waals surface area contributed by atoms with E-state index in [2.05, 4.69) is 16.2 Å². The minimum Gasteiger partial charge on any atom is -0.464 e. The molecule has 5 nitrogen and oxygen atoms in total. The minimum atomic E-state index is -0.199. The number of hydrogen-bond donors (Lipinski definition) is 3. The molecule has 2 heterocycles. The van der Waals surface area contributed by atoms with Gasteiger partial charge in [0, 0.05) is 11.6 Å². The van der Waals surface area contributed by atoms with Crippen LogP contribution in [0.5, 0.6) is 0 Å². The predicted octanol–water partition coefficient (Wildman–Crippen LogP) is 2.88. The lowest BCUT2D eigenvalue weighted by atomic mass is 9.94. The monoisotopic (exact) mass is 333 g/mol. The third-order valence-electron chi connectivity index (χ3n) is 4.09. The van der Waals surface area contributed by atoms with Crippen molar-refractivity contribution in [1.82, 2.24) is 16.2 Å². The molecular weight excluding hydrogens is 314 g/mol. The molecule has 1 aromatic carbocycles. The first-order chi connectivity index (χ1) is 11.0. The maximum absolute atomic E-state index is 12.6. The summed E-state index contributed by atoms with van der Waals surface area (Å²) in [6.45, 7) is 4.38. The van der Waals surface area contributed by atoms with Crippen molar-refractivity contribution in [3.63, 3.8) is 0 Å². The van der Waals surface area contributed by atoms with Crippen molar-refractivity contribution < 1.29 is 9.21 Å². The summed E-state index contributed by atoms with van der Waals surface area (Å²) in [5, 5.41) is 3.71. The number of nitrogens with one attached hydrogen (secondary N) is 3. The fourth-order valence-corrected chi connectivity index (χ4v) is 2.93. The molecule has 23 heavy (non-hydrogen) atoms. The molecule has 1 aromatic heterocycles. The van der Waals surface area contributed by atoms with E-state index in [4.69, 9.17) is 16.0 Å². The number of benzene rings is 1. The molecule has 0 spiro atoms. The highest BCUT2D eigenvalue weighted by Crippen LogP contribution is 2.27. The Labute approximate surface area is 140 Å². The molecule has 122 valence electrons. The van der Waals surface area contributed by atoms with Gasteiger partial charge in [0.25, 0.3) is 0 Å². The molecule has 1 saturated heterocycles. The molecule has 0 saturated carbocycles. The van der Waals surface area contributed by atoms with E-state index in [1.165, 1.54) is 0 Å². The molecule has 3 N–H and O–H groups in total. The Morgan fingerprint density at radius 2 is 2.04 bits per heavy atom. The minimum absolute atomic E-state index is 0.0102. The van der Waals surface area contributed by atoms with Crippen molar-refractivity contribution in [2.45, 2.75) is 25.9 Å². The van der Waals surface area contributed by atoms with Crippen LogP contribution in [0.25, 0.3) is 0 Å². The summed E-state index contributed by atoms with van der Waals surface area (Å²) < 4.78 is 5.57. The Morgan fingerprint density at radius 3 is 2.70 bits per heavy atom. The first kappa shape index (κ1) is 16.1. The summed E-state index contributed by atoms with van der Waals surface area (Å²) in [6, 6.07) is 11.1. The van der Waals surface area contributed by atoms with Gasteiger partial charge in [-0.2, -0.15) is 0 Å². The van der Waals surface area contributed by atoms with Crippen LogP contribution < -0.4 is 16.2 Å². The highest BCUT2D eigenvalue weighted by atomic mass is 35.5. The van der Waals surface area contributed by atoms with E-state index < -0.39 is 0 Å². The van der Waals surface area contributed by atoms with Gasteiger partial charge in [-0.05, 0) is 43.7 Å². The second-order valence-electron chi connectivity index (χ2n) is 5.84. The molecular formula is C17H20ClN3O2. The van der Waals surface area contributed by atoms with Gasteiger partial charge >= 0.3 is 0 Å². The summed E-state index contributed by atoms with van der Waals surface area (Å²) in [6.07, 6.45) is 0. The number of carbonyl (C=O) groups excluding carboxylic acids is 1. The Hall–Kier alpha value is -1.82. The van der Waals surface area contributed by atoms with Crippen LogP contribution in [-0.2, 0) is 4.79 Å². The summed E-state index contributed by atoms with van der Waals surface area (Å²) in [7, 11) is 0. The smallest absolute Gasteiger partial charge is 0.227 e. The summed E-state index contributed by atoms with van der Waals surface area (Å²) in [5.41, 5.74) is 7.26. The maximum atomic E-state index is 12.6. The van der Waals surface area contributed by atoms with Gasteiger partial charge in [0.2, 0.25) is 5.91 Å². The maximum Gasteiger partial charge on any atom is 0.227 e. The number of aryl methyl sites for hydroxylation is 1. The first-order valence-corrected chi connectivity index (χ1v) is 8.03. The molecule has 0 aliphatic carbocycles. The lowest BCUT2D eigenvalue weighted by molar-refractivity contribution is -0.125. The van der Waals surface area contributed by atoms with Crippen LogP contribution in [0.4, 0.5) is 0 Å². The van der Waals surface area contributed by atoms with Gasteiger partial charge in [0.15, 0.2) is 0 Å². The van der Waals surface area contributed by atoms with Crippen molar-refractivity contribution in [2.75, 3.05) is 6.54 Å². The highest BCUT2D eigenvalue weighted by molar-refractivity contribution is 6.30. The number of hydrazine groups is 1. The predicted molar refractivity (Wildman–Crippen MR) is 88.8 cm³/mol. The van der Waals surface area contributed by atoms with Gasteiger partial charge in [-0.15, -0.1) is 0 Å². The van der Waals surface area contributed by atoms with Crippen LogP contribution in [0.3, 0.4) is 0 Å². The average Bonchev–Trinajstić information content (AvgIpc) is 3.17. The van der Waals surface area contributed by atoms with Gasteiger partial charge in [0.05, 0.1) is 18.0 Å². The van der Waals surface area contributed by atoms with Crippen LogP contribution in [0.1, 0.15) is 36.1 Å². The Bertz CT molecular complexity index is 683. The lowest BCUT2D eigenvalue weighted by Gasteiger charge is -2.20. The Kier molecular flexibility index (Phi) is 4.71. The van der Waals surface area contributed by atoms with E-state index >= 15 is 0 Å². The molecule has 0 radical (unpaired) electrons. The van der Waals surface area contributed by atoms with Gasteiger partial charge in [-0.25, -0.2) is 5.43 Å². The first-order valence-electron chi connectivity index (χ1n) is 7.65. The van der Waals surface area contributed by atoms with E-state index in [0.29, 0.717) is 11.6 Å². The molecule has 1 amide bonds. The Balaban J connectivity index is 1.69.